The van der Waals surface area contributed by atoms with Gasteiger partial charge in [-0.15, -0.1) is 11.3 Å². The van der Waals surface area contributed by atoms with Crippen LogP contribution in [-0.4, -0.2) is 58.0 Å². The second kappa shape index (κ2) is 7.30. The van der Waals surface area contributed by atoms with E-state index < -0.39 is 0 Å². The summed E-state index contributed by atoms with van der Waals surface area (Å²) in [6.45, 7) is 3.85. The third-order valence-corrected chi connectivity index (χ3v) is 6.74. The Morgan fingerprint density at radius 3 is 2.74 bits per heavy atom. The van der Waals surface area contributed by atoms with Gasteiger partial charge < -0.3 is 9.64 Å². The summed E-state index contributed by atoms with van der Waals surface area (Å²) in [6.07, 6.45) is 4.28. The number of hydrogen-bond donors (Lipinski definition) is 0. The molecule has 2 aromatic heterocycles. The molecule has 0 bridgehead atoms. The van der Waals surface area contributed by atoms with Crippen LogP contribution in [0.5, 0.6) is 0 Å². The van der Waals surface area contributed by atoms with Crippen molar-refractivity contribution in [3.8, 4) is 11.4 Å². The zero-order valence-corrected chi connectivity index (χ0v) is 16.5. The number of fused-ring (bicyclic) bond motifs is 1. The fraction of sp³-hybridized carbons (Fsp3) is 0.550. The topological polar surface area (TPSA) is 56.1 Å². The SMILES string of the molecule is CN1CCC(n2nc(C3CCOCC3)nc2-c2cccc3ncsc23)CC1. The molecule has 0 N–H and O–H groups in total. The number of likely N-dealkylation sites (tertiary alicyclic amines) is 1. The minimum atomic E-state index is 0.408. The number of piperidine rings is 1. The fourth-order valence-corrected chi connectivity index (χ4v) is 5.01. The maximum Gasteiger partial charge on any atom is 0.160 e. The molecular weight excluding hydrogens is 358 g/mol. The van der Waals surface area contributed by atoms with Gasteiger partial charge in [0, 0.05) is 24.7 Å². The van der Waals surface area contributed by atoms with E-state index in [0.717, 1.165) is 69.2 Å². The molecule has 0 saturated carbocycles. The van der Waals surface area contributed by atoms with E-state index in [1.54, 1.807) is 11.3 Å². The zero-order valence-electron chi connectivity index (χ0n) is 15.7. The molecule has 142 valence electrons. The predicted molar refractivity (Wildman–Crippen MR) is 107 cm³/mol. The third kappa shape index (κ3) is 3.28. The van der Waals surface area contributed by atoms with Gasteiger partial charge in [-0.3, -0.25) is 0 Å². The molecule has 2 aliphatic heterocycles. The quantitative estimate of drug-likeness (QED) is 0.690. The number of ether oxygens (including phenoxy) is 1. The van der Waals surface area contributed by atoms with Crippen LogP contribution < -0.4 is 0 Å². The van der Waals surface area contributed by atoms with Crippen LogP contribution in [0.25, 0.3) is 21.6 Å². The van der Waals surface area contributed by atoms with E-state index in [1.807, 2.05) is 5.51 Å². The van der Waals surface area contributed by atoms with E-state index in [9.17, 15) is 0 Å². The molecule has 0 spiro atoms. The molecule has 4 heterocycles. The van der Waals surface area contributed by atoms with Gasteiger partial charge in [0.25, 0.3) is 0 Å². The standard InChI is InChI=1S/C20H25N5OS/c1-24-9-5-15(6-10-24)25-20(16-3-2-4-17-18(16)27-13-21-17)22-19(23-25)14-7-11-26-12-8-14/h2-4,13-15H,5-12H2,1H3. The molecule has 3 aromatic rings. The summed E-state index contributed by atoms with van der Waals surface area (Å²) in [5.74, 6) is 2.42. The van der Waals surface area contributed by atoms with Gasteiger partial charge in [-0.1, -0.05) is 6.07 Å². The number of benzene rings is 1. The second-order valence-electron chi connectivity index (χ2n) is 7.67. The molecule has 1 aromatic carbocycles. The Balaban J connectivity index is 1.59. The van der Waals surface area contributed by atoms with Gasteiger partial charge in [-0.25, -0.2) is 14.6 Å². The van der Waals surface area contributed by atoms with Crippen LogP contribution in [0.1, 0.15) is 43.5 Å². The minimum absolute atomic E-state index is 0.408. The fourth-order valence-electron chi connectivity index (χ4n) is 4.21. The average molecular weight is 384 g/mol. The van der Waals surface area contributed by atoms with E-state index in [2.05, 4.69) is 39.8 Å². The molecule has 2 saturated heterocycles. The first-order valence-corrected chi connectivity index (χ1v) is 10.7. The predicted octanol–water partition coefficient (Wildman–Crippen LogP) is 3.72. The lowest BCUT2D eigenvalue weighted by molar-refractivity contribution is 0.0834. The molecule has 0 radical (unpaired) electrons. The van der Waals surface area contributed by atoms with Crippen molar-refractivity contribution in [3.63, 3.8) is 0 Å². The Morgan fingerprint density at radius 1 is 1.11 bits per heavy atom. The number of hydrogen-bond acceptors (Lipinski definition) is 6. The summed E-state index contributed by atoms with van der Waals surface area (Å²) >= 11 is 1.69. The molecule has 2 aliphatic rings. The van der Waals surface area contributed by atoms with Crippen molar-refractivity contribution in [2.45, 2.75) is 37.6 Å². The molecular formula is C20H25N5OS. The van der Waals surface area contributed by atoms with E-state index >= 15 is 0 Å². The van der Waals surface area contributed by atoms with Crippen LogP contribution in [0.3, 0.4) is 0 Å². The Bertz CT molecular complexity index is 921. The summed E-state index contributed by atoms with van der Waals surface area (Å²) in [5.41, 5.74) is 4.13. The molecule has 6 nitrogen and oxygen atoms in total. The monoisotopic (exact) mass is 383 g/mol. The summed E-state index contributed by atoms with van der Waals surface area (Å²) in [6, 6.07) is 6.74. The number of rotatable bonds is 3. The van der Waals surface area contributed by atoms with Crippen molar-refractivity contribution < 1.29 is 4.74 Å². The van der Waals surface area contributed by atoms with Crippen molar-refractivity contribution in [2.75, 3.05) is 33.4 Å². The van der Waals surface area contributed by atoms with Gasteiger partial charge >= 0.3 is 0 Å². The van der Waals surface area contributed by atoms with Gasteiger partial charge in [0.05, 0.1) is 21.8 Å². The normalized spacial score (nSPS) is 20.5. The van der Waals surface area contributed by atoms with Crippen LogP contribution in [0.2, 0.25) is 0 Å². The summed E-state index contributed by atoms with van der Waals surface area (Å²) in [7, 11) is 2.20. The average Bonchev–Trinajstić information content (AvgIpc) is 3.36. The molecule has 5 rings (SSSR count). The van der Waals surface area contributed by atoms with Crippen molar-refractivity contribution in [2.24, 2.45) is 0 Å². The van der Waals surface area contributed by atoms with Gasteiger partial charge in [-0.05, 0) is 58.0 Å². The van der Waals surface area contributed by atoms with Gasteiger partial charge in [0.15, 0.2) is 11.6 Å². The highest BCUT2D eigenvalue weighted by atomic mass is 32.1. The third-order valence-electron chi connectivity index (χ3n) is 5.87. The van der Waals surface area contributed by atoms with Gasteiger partial charge in [0.1, 0.15) is 0 Å². The maximum absolute atomic E-state index is 5.54. The van der Waals surface area contributed by atoms with E-state index in [-0.39, 0.29) is 0 Å². The molecule has 2 fully saturated rings. The second-order valence-corrected chi connectivity index (χ2v) is 8.52. The molecule has 27 heavy (non-hydrogen) atoms. The van der Waals surface area contributed by atoms with Crippen LogP contribution in [0, 0.1) is 0 Å². The lowest BCUT2D eigenvalue weighted by atomic mass is 10.00. The van der Waals surface area contributed by atoms with Crippen LogP contribution in [-0.2, 0) is 4.74 Å². The van der Waals surface area contributed by atoms with Gasteiger partial charge in [-0.2, -0.15) is 5.10 Å². The first-order chi connectivity index (χ1) is 13.3. The van der Waals surface area contributed by atoms with E-state index in [1.165, 1.54) is 10.3 Å². The molecule has 0 unspecified atom stereocenters. The maximum atomic E-state index is 5.54. The first-order valence-electron chi connectivity index (χ1n) is 9.85. The van der Waals surface area contributed by atoms with Crippen molar-refractivity contribution >= 4 is 21.6 Å². The number of nitrogens with zero attached hydrogens (tertiary/aromatic N) is 5. The summed E-state index contributed by atoms with van der Waals surface area (Å²) < 4.78 is 8.98. The first kappa shape index (κ1) is 17.3. The highest BCUT2D eigenvalue weighted by Crippen LogP contribution is 2.35. The van der Waals surface area contributed by atoms with Crippen LogP contribution in [0.4, 0.5) is 0 Å². The van der Waals surface area contributed by atoms with Crippen molar-refractivity contribution in [1.29, 1.82) is 0 Å². The van der Waals surface area contributed by atoms with Crippen LogP contribution >= 0.6 is 11.3 Å². The van der Waals surface area contributed by atoms with Crippen LogP contribution in [0.15, 0.2) is 23.7 Å². The number of aromatic nitrogens is 4. The smallest absolute Gasteiger partial charge is 0.160 e. The van der Waals surface area contributed by atoms with E-state index in [4.69, 9.17) is 14.8 Å². The largest absolute Gasteiger partial charge is 0.381 e. The highest BCUT2D eigenvalue weighted by molar-refractivity contribution is 7.17. The van der Waals surface area contributed by atoms with Crippen molar-refractivity contribution in [3.05, 3.63) is 29.5 Å². The molecule has 7 heteroatoms. The molecule has 0 aliphatic carbocycles. The lowest BCUT2D eigenvalue weighted by Gasteiger charge is -2.29. The van der Waals surface area contributed by atoms with Gasteiger partial charge in [0.2, 0.25) is 0 Å². The highest BCUT2D eigenvalue weighted by Gasteiger charge is 2.28. The summed E-state index contributed by atoms with van der Waals surface area (Å²) in [4.78, 5) is 12.0. The Labute approximate surface area is 163 Å². The van der Waals surface area contributed by atoms with E-state index in [0.29, 0.717) is 12.0 Å². The summed E-state index contributed by atoms with van der Waals surface area (Å²) in [5, 5.41) is 5.07. The minimum Gasteiger partial charge on any atom is -0.381 e. The lowest BCUT2D eigenvalue weighted by Crippen LogP contribution is -2.32. The number of thiazole rings is 1. The Kier molecular flexibility index (Phi) is 4.67. The molecule has 0 atom stereocenters. The zero-order chi connectivity index (χ0) is 18.2. The Morgan fingerprint density at radius 2 is 1.93 bits per heavy atom. The molecule has 0 amide bonds. The van der Waals surface area contributed by atoms with Crippen molar-refractivity contribution in [1.82, 2.24) is 24.6 Å². The Hall–Kier alpha value is -1.83.